The summed E-state index contributed by atoms with van der Waals surface area (Å²) in [4.78, 5) is 8.97. The fourth-order valence-corrected chi connectivity index (χ4v) is 1.97. The maximum Gasteiger partial charge on any atom is 0.266 e. The maximum atomic E-state index is 5.30. The topological polar surface area (TPSA) is 57.4 Å². The summed E-state index contributed by atoms with van der Waals surface area (Å²) in [6, 6.07) is 0.476. The number of likely N-dealkylation sites (N-methyl/N-ethyl adjacent to an activating group) is 1. The molecule has 2 heterocycles. The van der Waals surface area contributed by atoms with Crippen LogP contribution < -0.4 is 10.2 Å². The Hall–Kier alpha value is -1.14. The molecule has 1 aliphatic heterocycles. The first-order valence-electron chi connectivity index (χ1n) is 6.62. The molecular weight excluding hydrogens is 230 g/mol. The molecule has 1 fully saturated rings. The Kier molecular flexibility index (Phi) is 4.54. The molecule has 1 aromatic heterocycles. The largest absolute Gasteiger partial charge is 0.337 e. The van der Waals surface area contributed by atoms with Crippen molar-refractivity contribution in [2.45, 2.75) is 25.8 Å². The van der Waals surface area contributed by atoms with Gasteiger partial charge in [0.15, 0.2) is 0 Å². The molecular formula is C12H23N5O. The highest BCUT2D eigenvalue weighted by Crippen LogP contribution is 2.13. The molecule has 0 amide bonds. The fourth-order valence-electron chi connectivity index (χ4n) is 1.97. The third kappa shape index (κ3) is 3.43. The number of hydrogen-bond acceptors (Lipinski definition) is 6. The van der Waals surface area contributed by atoms with Gasteiger partial charge in [0.2, 0.25) is 5.89 Å². The van der Waals surface area contributed by atoms with Crippen LogP contribution >= 0.6 is 0 Å². The number of piperazine rings is 1. The van der Waals surface area contributed by atoms with Gasteiger partial charge in [0.05, 0.1) is 0 Å². The lowest BCUT2D eigenvalue weighted by Crippen LogP contribution is -2.44. The molecule has 0 aromatic carbocycles. The average molecular weight is 253 g/mol. The van der Waals surface area contributed by atoms with Gasteiger partial charge in [-0.05, 0) is 32.6 Å². The van der Waals surface area contributed by atoms with Crippen molar-refractivity contribution in [3.05, 3.63) is 5.89 Å². The van der Waals surface area contributed by atoms with Crippen molar-refractivity contribution >= 4 is 5.95 Å². The van der Waals surface area contributed by atoms with Gasteiger partial charge in [-0.25, -0.2) is 0 Å². The molecule has 1 N–H and O–H groups in total. The lowest BCUT2D eigenvalue weighted by molar-refractivity contribution is 0.308. The summed E-state index contributed by atoms with van der Waals surface area (Å²) in [7, 11) is 4.10. The van der Waals surface area contributed by atoms with Crippen LogP contribution in [-0.4, -0.2) is 61.4 Å². The maximum absolute atomic E-state index is 5.30. The number of nitrogens with zero attached hydrogens (tertiary/aromatic N) is 4. The van der Waals surface area contributed by atoms with Crippen molar-refractivity contribution in [2.24, 2.45) is 0 Å². The monoisotopic (exact) mass is 253 g/mol. The second kappa shape index (κ2) is 6.15. The molecule has 1 unspecified atom stereocenters. The highest BCUT2D eigenvalue weighted by Gasteiger charge is 2.19. The van der Waals surface area contributed by atoms with E-state index in [0.29, 0.717) is 6.04 Å². The molecule has 0 bridgehead atoms. The van der Waals surface area contributed by atoms with Gasteiger partial charge in [-0.3, -0.25) is 0 Å². The third-order valence-electron chi connectivity index (χ3n) is 3.53. The zero-order chi connectivity index (χ0) is 13.0. The number of rotatable bonds is 5. The molecule has 6 nitrogen and oxygen atoms in total. The van der Waals surface area contributed by atoms with Gasteiger partial charge in [0.25, 0.3) is 5.95 Å². The van der Waals surface area contributed by atoms with E-state index in [9.17, 15) is 0 Å². The number of nitrogens with one attached hydrogen (secondary N) is 1. The van der Waals surface area contributed by atoms with Crippen LogP contribution in [0.15, 0.2) is 4.52 Å². The molecule has 102 valence electrons. The first-order chi connectivity index (χ1) is 8.69. The molecule has 0 saturated carbocycles. The van der Waals surface area contributed by atoms with Gasteiger partial charge < -0.3 is 19.6 Å². The summed E-state index contributed by atoms with van der Waals surface area (Å²) in [6.45, 7) is 6.21. The van der Waals surface area contributed by atoms with E-state index in [0.717, 1.165) is 50.9 Å². The summed E-state index contributed by atoms with van der Waals surface area (Å²) < 4.78 is 5.30. The molecule has 1 atom stereocenters. The summed E-state index contributed by atoms with van der Waals surface area (Å²) in [5.74, 6) is 1.49. The van der Waals surface area contributed by atoms with E-state index >= 15 is 0 Å². The first kappa shape index (κ1) is 13.3. The Balaban J connectivity index is 1.86. The summed E-state index contributed by atoms with van der Waals surface area (Å²) in [5, 5.41) is 7.27. The summed E-state index contributed by atoms with van der Waals surface area (Å²) >= 11 is 0. The lowest BCUT2D eigenvalue weighted by atomic mass is 10.2. The highest BCUT2D eigenvalue weighted by molar-refractivity contribution is 5.28. The van der Waals surface area contributed by atoms with Crippen molar-refractivity contribution in [3.8, 4) is 0 Å². The molecule has 1 aliphatic rings. The normalized spacial score (nSPS) is 19.2. The SMILES string of the molecule is CNC(C)CCc1nc(N2CCN(C)CC2)no1. The standard InChI is InChI=1S/C12H23N5O/c1-10(13-2)4-5-11-14-12(15-18-11)17-8-6-16(3)7-9-17/h10,13H,4-9H2,1-3H3. The molecule has 1 aromatic rings. The van der Waals surface area contributed by atoms with E-state index in [1.54, 1.807) is 0 Å². The van der Waals surface area contributed by atoms with Gasteiger partial charge in [-0.15, -0.1) is 0 Å². The summed E-state index contributed by atoms with van der Waals surface area (Å²) in [6.07, 6.45) is 1.85. The second-order valence-corrected chi connectivity index (χ2v) is 5.01. The zero-order valence-electron chi connectivity index (χ0n) is 11.5. The average Bonchev–Trinajstić information content (AvgIpc) is 2.85. The van der Waals surface area contributed by atoms with Gasteiger partial charge in [0, 0.05) is 38.6 Å². The fraction of sp³-hybridized carbons (Fsp3) is 0.833. The van der Waals surface area contributed by atoms with E-state index in [2.05, 4.69) is 39.2 Å². The van der Waals surface area contributed by atoms with E-state index in [-0.39, 0.29) is 0 Å². The van der Waals surface area contributed by atoms with Crippen LogP contribution in [0.1, 0.15) is 19.2 Å². The van der Waals surface area contributed by atoms with Crippen LogP contribution in [0.3, 0.4) is 0 Å². The highest BCUT2D eigenvalue weighted by atomic mass is 16.5. The van der Waals surface area contributed by atoms with E-state index in [1.165, 1.54) is 0 Å². The zero-order valence-corrected chi connectivity index (χ0v) is 11.5. The predicted octanol–water partition coefficient (Wildman–Crippen LogP) is 0.362. The Morgan fingerprint density at radius 2 is 2.06 bits per heavy atom. The van der Waals surface area contributed by atoms with Crippen molar-refractivity contribution in [1.29, 1.82) is 0 Å². The Labute approximate surface area is 108 Å². The molecule has 0 radical (unpaired) electrons. The molecule has 1 saturated heterocycles. The minimum absolute atomic E-state index is 0.476. The van der Waals surface area contributed by atoms with Crippen LogP contribution in [0.4, 0.5) is 5.95 Å². The van der Waals surface area contributed by atoms with E-state index in [4.69, 9.17) is 4.52 Å². The van der Waals surface area contributed by atoms with Gasteiger partial charge in [0.1, 0.15) is 0 Å². The Bertz CT molecular complexity index is 359. The number of anilines is 1. The van der Waals surface area contributed by atoms with Crippen LogP contribution in [0.2, 0.25) is 0 Å². The lowest BCUT2D eigenvalue weighted by Gasteiger charge is -2.31. The van der Waals surface area contributed by atoms with Crippen molar-refractivity contribution < 1.29 is 4.52 Å². The van der Waals surface area contributed by atoms with Gasteiger partial charge in [-0.1, -0.05) is 0 Å². The number of hydrogen-bond donors (Lipinski definition) is 1. The smallest absolute Gasteiger partial charge is 0.266 e. The van der Waals surface area contributed by atoms with Crippen LogP contribution in [0, 0.1) is 0 Å². The number of aromatic nitrogens is 2. The van der Waals surface area contributed by atoms with Crippen molar-refractivity contribution in [2.75, 3.05) is 45.2 Å². The van der Waals surface area contributed by atoms with Crippen molar-refractivity contribution in [3.63, 3.8) is 0 Å². The minimum Gasteiger partial charge on any atom is -0.337 e. The Morgan fingerprint density at radius 1 is 1.33 bits per heavy atom. The molecule has 6 heteroatoms. The van der Waals surface area contributed by atoms with E-state index in [1.807, 2.05) is 7.05 Å². The Morgan fingerprint density at radius 3 is 2.72 bits per heavy atom. The van der Waals surface area contributed by atoms with Crippen LogP contribution in [0.5, 0.6) is 0 Å². The summed E-state index contributed by atoms with van der Waals surface area (Å²) in [5.41, 5.74) is 0. The van der Waals surface area contributed by atoms with Crippen LogP contribution in [0.25, 0.3) is 0 Å². The second-order valence-electron chi connectivity index (χ2n) is 5.01. The first-order valence-corrected chi connectivity index (χ1v) is 6.62. The van der Waals surface area contributed by atoms with E-state index < -0.39 is 0 Å². The minimum atomic E-state index is 0.476. The predicted molar refractivity (Wildman–Crippen MR) is 70.9 cm³/mol. The molecule has 0 aliphatic carbocycles. The third-order valence-corrected chi connectivity index (χ3v) is 3.53. The molecule has 0 spiro atoms. The quantitative estimate of drug-likeness (QED) is 0.818. The van der Waals surface area contributed by atoms with Gasteiger partial charge >= 0.3 is 0 Å². The molecule has 18 heavy (non-hydrogen) atoms. The number of aryl methyl sites for hydroxylation is 1. The van der Waals surface area contributed by atoms with Crippen LogP contribution in [-0.2, 0) is 6.42 Å². The van der Waals surface area contributed by atoms with Crippen molar-refractivity contribution in [1.82, 2.24) is 20.4 Å². The molecule has 2 rings (SSSR count). The van der Waals surface area contributed by atoms with Gasteiger partial charge in [-0.2, -0.15) is 4.98 Å².